The van der Waals surface area contributed by atoms with E-state index in [0.717, 1.165) is 6.54 Å². The number of hydrogen-bond acceptors (Lipinski definition) is 2. The summed E-state index contributed by atoms with van der Waals surface area (Å²) in [5.41, 5.74) is -0.649. The van der Waals surface area contributed by atoms with E-state index in [-0.39, 0.29) is 6.04 Å². The van der Waals surface area contributed by atoms with Crippen molar-refractivity contribution in [1.82, 2.24) is 5.32 Å². The molecular weight excluding hydrogens is 169 g/mol. The normalized spacial score (nSPS) is 34.5. The molecule has 1 rings (SSSR count). The first-order valence-electron chi connectivity index (χ1n) is 4.68. The van der Waals surface area contributed by atoms with E-state index in [1.807, 2.05) is 6.92 Å². The summed E-state index contributed by atoms with van der Waals surface area (Å²) in [6, 6.07) is 0.229. The van der Waals surface area contributed by atoms with Gasteiger partial charge in [0.1, 0.15) is 5.67 Å². The maximum Gasteiger partial charge on any atom is 0.136 e. The molecule has 2 nitrogen and oxygen atoms in total. The molecule has 0 aromatic heterocycles. The molecule has 0 aromatic rings. The minimum Gasteiger partial charge on any atom is -0.380 e. The van der Waals surface area contributed by atoms with Crippen LogP contribution in [0.25, 0.3) is 0 Å². The summed E-state index contributed by atoms with van der Waals surface area (Å²) in [6.45, 7) is 6.79. The zero-order chi connectivity index (χ0) is 9.90. The Morgan fingerprint density at radius 3 is 3.00 bits per heavy atom. The second kappa shape index (κ2) is 4.20. The van der Waals surface area contributed by atoms with Crippen LogP contribution < -0.4 is 5.32 Å². The van der Waals surface area contributed by atoms with Crippen molar-refractivity contribution in [1.29, 1.82) is 0 Å². The number of alkyl halides is 1. The average Bonchev–Trinajstić information content (AvgIpc) is 2.04. The Morgan fingerprint density at radius 2 is 2.46 bits per heavy atom. The molecule has 0 amide bonds. The molecule has 1 aliphatic rings. The molecule has 2 atom stereocenters. The molecule has 76 valence electrons. The Balaban J connectivity index is 2.57. The molecule has 13 heavy (non-hydrogen) atoms. The molecule has 1 fully saturated rings. The van der Waals surface area contributed by atoms with Gasteiger partial charge < -0.3 is 10.1 Å². The lowest BCUT2D eigenvalue weighted by molar-refractivity contribution is 0.109. The molecule has 1 N–H and O–H groups in total. The molecule has 0 spiro atoms. The lowest BCUT2D eigenvalue weighted by atomic mass is 9.84. The molecule has 1 saturated heterocycles. The van der Waals surface area contributed by atoms with Crippen molar-refractivity contribution in [2.75, 3.05) is 20.3 Å². The van der Waals surface area contributed by atoms with Crippen LogP contribution in [-0.4, -0.2) is 32.0 Å². The first kappa shape index (κ1) is 10.7. The van der Waals surface area contributed by atoms with Gasteiger partial charge in [0.2, 0.25) is 0 Å². The topological polar surface area (TPSA) is 21.3 Å². The molecule has 0 saturated carbocycles. The maximum atomic E-state index is 14.2. The standard InChI is InChI=1S/C10H18FNO/c1-8(7-13-3)10(11)4-5-12-9(2)6-10/h9,12H,1,4-7H2,2-3H3. The van der Waals surface area contributed by atoms with Crippen molar-refractivity contribution in [3.63, 3.8) is 0 Å². The van der Waals surface area contributed by atoms with E-state index in [4.69, 9.17) is 4.74 Å². The van der Waals surface area contributed by atoms with E-state index in [1.165, 1.54) is 0 Å². The lowest BCUT2D eigenvalue weighted by Gasteiger charge is -2.35. The van der Waals surface area contributed by atoms with Crippen LogP contribution in [0.1, 0.15) is 19.8 Å². The fraction of sp³-hybridized carbons (Fsp3) is 0.800. The summed E-state index contributed by atoms with van der Waals surface area (Å²) >= 11 is 0. The highest BCUT2D eigenvalue weighted by Crippen LogP contribution is 2.32. The number of halogens is 1. The number of methoxy groups -OCH3 is 1. The summed E-state index contributed by atoms with van der Waals surface area (Å²) < 4.78 is 19.1. The van der Waals surface area contributed by atoms with Crippen molar-refractivity contribution < 1.29 is 9.13 Å². The number of rotatable bonds is 3. The van der Waals surface area contributed by atoms with Crippen molar-refractivity contribution in [3.8, 4) is 0 Å². The third-order valence-corrected chi connectivity index (χ3v) is 2.60. The second-order valence-electron chi connectivity index (χ2n) is 3.81. The van der Waals surface area contributed by atoms with Gasteiger partial charge in [-0.3, -0.25) is 0 Å². The van der Waals surface area contributed by atoms with E-state index < -0.39 is 5.67 Å². The van der Waals surface area contributed by atoms with Gasteiger partial charge in [0, 0.05) is 19.6 Å². The van der Waals surface area contributed by atoms with E-state index in [9.17, 15) is 4.39 Å². The molecule has 0 aromatic carbocycles. The summed E-state index contributed by atoms with van der Waals surface area (Å²) in [6.07, 6.45) is 1.02. The Morgan fingerprint density at radius 1 is 1.77 bits per heavy atom. The molecular formula is C10H18FNO. The number of hydrogen-bond donors (Lipinski definition) is 1. The Bertz CT molecular complexity index is 195. The fourth-order valence-corrected chi connectivity index (χ4v) is 1.80. The van der Waals surface area contributed by atoms with Crippen molar-refractivity contribution in [2.24, 2.45) is 0 Å². The third kappa shape index (κ3) is 2.51. The Labute approximate surface area is 79.2 Å². The Hall–Kier alpha value is -0.410. The molecule has 1 aliphatic heterocycles. The highest BCUT2D eigenvalue weighted by Gasteiger charge is 2.37. The lowest BCUT2D eigenvalue weighted by Crippen LogP contribution is -2.45. The first-order chi connectivity index (χ1) is 6.08. The van der Waals surface area contributed by atoms with Gasteiger partial charge in [0.25, 0.3) is 0 Å². The van der Waals surface area contributed by atoms with Gasteiger partial charge in [-0.15, -0.1) is 0 Å². The molecule has 3 heteroatoms. The van der Waals surface area contributed by atoms with Crippen LogP contribution in [0.3, 0.4) is 0 Å². The van der Waals surface area contributed by atoms with Gasteiger partial charge in [0.05, 0.1) is 6.61 Å². The van der Waals surface area contributed by atoms with Gasteiger partial charge in [-0.2, -0.15) is 0 Å². The highest BCUT2D eigenvalue weighted by molar-refractivity contribution is 5.15. The van der Waals surface area contributed by atoms with Crippen molar-refractivity contribution in [3.05, 3.63) is 12.2 Å². The molecule has 0 radical (unpaired) electrons. The minimum atomic E-state index is -1.22. The van der Waals surface area contributed by atoms with Crippen LogP contribution in [0.5, 0.6) is 0 Å². The van der Waals surface area contributed by atoms with Crippen LogP contribution in [0, 0.1) is 0 Å². The van der Waals surface area contributed by atoms with Crippen molar-refractivity contribution in [2.45, 2.75) is 31.5 Å². The van der Waals surface area contributed by atoms with E-state index in [2.05, 4.69) is 11.9 Å². The van der Waals surface area contributed by atoms with Crippen LogP contribution in [0.2, 0.25) is 0 Å². The molecule has 0 aliphatic carbocycles. The fourth-order valence-electron chi connectivity index (χ4n) is 1.80. The predicted octanol–water partition coefficient (Wildman–Crippen LogP) is 1.67. The van der Waals surface area contributed by atoms with Gasteiger partial charge in [0.15, 0.2) is 0 Å². The quantitative estimate of drug-likeness (QED) is 0.679. The number of piperidine rings is 1. The first-order valence-corrected chi connectivity index (χ1v) is 4.68. The summed E-state index contributed by atoms with van der Waals surface area (Å²) in [7, 11) is 1.57. The largest absolute Gasteiger partial charge is 0.380 e. The van der Waals surface area contributed by atoms with Crippen LogP contribution in [-0.2, 0) is 4.74 Å². The maximum absolute atomic E-state index is 14.2. The monoisotopic (exact) mass is 187 g/mol. The van der Waals surface area contributed by atoms with Crippen molar-refractivity contribution >= 4 is 0 Å². The van der Waals surface area contributed by atoms with Gasteiger partial charge in [-0.05, 0) is 25.5 Å². The molecule has 0 bridgehead atoms. The number of nitrogens with one attached hydrogen (secondary N) is 1. The zero-order valence-electron chi connectivity index (χ0n) is 8.40. The van der Waals surface area contributed by atoms with Gasteiger partial charge in [-0.25, -0.2) is 4.39 Å². The SMILES string of the molecule is C=C(COC)C1(F)CCNC(C)C1. The van der Waals surface area contributed by atoms with E-state index >= 15 is 0 Å². The van der Waals surface area contributed by atoms with E-state index in [1.54, 1.807) is 7.11 Å². The zero-order valence-corrected chi connectivity index (χ0v) is 8.40. The summed E-state index contributed by atoms with van der Waals surface area (Å²) in [5.74, 6) is 0. The molecule has 1 heterocycles. The van der Waals surface area contributed by atoms with Gasteiger partial charge >= 0.3 is 0 Å². The predicted molar refractivity (Wildman–Crippen MR) is 51.6 cm³/mol. The summed E-state index contributed by atoms with van der Waals surface area (Å²) in [4.78, 5) is 0. The number of ether oxygens (including phenoxy) is 1. The molecule has 2 unspecified atom stereocenters. The third-order valence-electron chi connectivity index (χ3n) is 2.60. The van der Waals surface area contributed by atoms with Crippen LogP contribution in [0.4, 0.5) is 4.39 Å². The van der Waals surface area contributed by atoms with E-state index in [0.29, 0.717) is 25.0 Å². The minimum absolute atomic E-state index is 0.229. The van der Waals surface area contributed by atoms with Crippen LogP contribution >= 0.6 is 0 Å². The second-order valence-corrected chi connectivity index (χ2v) is 3.81. The van der Waals surface area contributed by atoms with Gasteiger partial charge in [-0.1, -0.05) is 6.58 Å². The highest BCUT2D eigenvalue weighted by atomic mass is 19.1. The Kier molecular flexibility index (Phi) is 3.45. The average molecular weight is 187 g/mol. The smallest absolute Gasteiger partial charge is 0.136 e. The van der Waals surface area contributed by atoms with Crippen LogP contribution in [0.15, 0.2) is 12.2 Å². The summed E-state index contributed by atoms with van der Waals surface area (Å²) in [5, 5.41) is 3.21.